The second-order valence-corrected chi connectivity index (χ2v) is 5.22. The van der Waals surface area contributed by atoms with Crippen LogP contribution in [0.1, 0.15) is 33.1 Å². The minimum absolute atomic E-state index is 0.00794. The lowest BCUT2D eigenvalue weighted by Gasteiger charge is -2.27. The average molecular weight is 255 g/mol. The van der Waals surface area contributed by atoms with Gasteiger partial charge in [-0.3, -0.25) is 9.59 Å². The SMILES string of the molecule is CCC1OCCC1C(=O)N1CCC(C(=O)O)C1C. The molecule has 2 fully saturated rings. The first-order chi connectivity index (χ1) is 8.56. The van der Waals surface area contributed by atoms with Crippen LogP contribution in [0, 0.1) is 11.8 Å². The molecular weight excluding hydrogens is 234 g/mol. The summed E-state index contributed by atoms with van der Waals surface area (Å²) in [6.07, 6.45) is 2.17. The molecule has 1 amide bonds. The number of amides is 1. The van der Waals surface area contributed by atoms with Crippen LogP contribution in [0.15, 0.2) is 0 Å². The van der Waals surface area contributed by atoms with E-state index in [0.29, 0.717) is 19.6 Å². The summed E-state index contributed by atoms with van der Waals surface area (Å²) < 4.78 is 5.54. The molecule has 2 rings (SSSR count). The lowest BCUT2D eigenvalue weighted by Crippen LogP contribution is -2.43. The maximum atomic E-state index is 12.4. The largest absolute Gasteiger partial charge is 0.481 e. The van der Waals surface area contributed by atoms with Crippen molar-refractivity contribution in [2.75, 3.05) is 13.2 Å². The van der Waals surface area contributed by atoms with Gasteiger partial charge in [-0.05, 0) is 26.2 Å². The molecule has 0 aromatic rings. The molecule has 0 radical (unpaired) electrons. The van der Waals surface area contributed by atoms with Crippen molar-refractivity contribution in [1.29, 1.82) is 0 Å². The van der Waals surface area contributed by atoms with E-state index < -0.39 is 11.9 Å². The van der Waals surface area contributed by atoms with Gasteiger partial charge in [-0.25, -0.2) is 0 Å². The lowest BCUT2D eigenvalue weighted by atomic mass is 9.97. The third kappa shape index (κ3) is 2.23. The number of likely N-dealkylation sites (tertiary alicyclic amines) is 1. The predicted octanol–water partition coefficient (Wildman–Crippen LogP) is 1.12. The van der Waals surface area contributed by atoms with E-state index in [9.17, 15) is 9.59 Å². The fourth-order valence-corrected chi connectivity index (χ4v) is 3.13. The van der Waals surface area contributed by atoms with E-state index in [2.05, 4.69) is 0 Å². The quantitative estimate of drug-likeness (QED) is 0.820. The van der Waals surface area contributed by atoms with Crippen LogP contribution in [0.4, 0.5) is 0 Å². The number of aliphatic carboxylic acids is 1. The Kier molecular flexibility index (Phi) is 3.90. The molecule has 5 heteroatoms. The van der Waals surface area contributed by atoms with Gasteiger partial charge in [-0.15, -0.1) is 0 Å². The normalized spacial score (nSPS) is 36.0. The molecule has 2 aliphatic rings. The van der Waals surface area contributed by atoms with Crippen molar-refractivity contribution < 1.29 is 19.4 Å². The van der Waals surface area contributed by atoms with Gasteiger partial charge in [0.25, 0.3) is 0 Å². The summed E-state index contributed by atoms with van der Waals surface area (Å²) in [5, 5.41) is 9.08. The Bertz CT molecular complexity index is 344. The summed E-state index contributed by atoms with van der Waals surface area (Å²) in [6, 6.07) is -0.201. The molecule has 0 aromatic carbocycles. The second kappa shape index (κ2) is 5.26. The molecule has 0 saturated carbocycles. The van der Waals surface area contributed by atoms with E-state index >= 15 is 0 Å². The van der Waals surface area contributed by atoms with Gasteiger partial charge in [-0.1, -0.05) is 6.92 Å². The van der Waals surface area contributed by atoms with Gasteiger partial charge in [0.05, 0.1) is 17.9 Å². The zero-order valence-corrected chi connectivity index (χ0v) is 11.0. The van der Waals surface area contributed by atoms with Gasteiger partial charge in [0.1, 0.15) is 0 Å². The molecule has 2 heterocycles. The summed E-state index contributed by atoms with van der Waals surface area (Å²) in [6.45, 7) is 5.05. The van der Waals surface area contributed by atoms with Gasteiger partial charge in [0.15, 0.2) is 0 Å². The van der Waals surface area contributed by atoms with Crippen LogP contribution in [0.2, 0.25) is 0 Å². The van der Waals surface area contributed by atoms with Crippen LogP contribution in [-0.4, -0.2) is 47.2 Å². The molecule has 4 atom stereocenters. The van der Waals surface area contributed by atoms with Crippen molar-refractivity contribution >= 4 is 11.9 Å². The topological polar surface area (TPSA) is 66.8 Å². The number of ether oxygens (including phenoxy) is 1. The van der Waals surface area contributed by atoms with Crippen LogP contribution in [0.25, 0.3) is 0 Å². The average Bonchev–Trinajstić information content (AvgIpc) is 2.93. The van der Waals surface area contributed by atoms with E-state index in [4.69, 9.17) is 9.84 Å². The highest BCUT2D eigenvalue weighted by Crippen LogP contribution is 2.31. The molecule has 18 heavy (non-hydrogen) atoms. The van der Waals surface area contributed by atoms with Gasteiger partial charge < -0.3 is 14.7 Å². The van der Waals surface area contributed by atoms with Crippen LogP contribution in [-0.2, 0) is 14.3 Å². The number of carboxylic acids is 1. The van der Waals surface area contributed by atoms with Crippen LogP contribution in [0.5, 0.6) is 0 Å². The van der Waals surface area contributed by atoms with E-state index in [1.165, 1.54) is 0 Å². The second-order valence-electron chi connectivity index (χ2n) is 5.22. The first kappa shape index (κ1) is 13.3. The molecule has 0 spiro atoms. The maximum absolute atomic E-state index is 12.4. The summed E-state index contributed by atoms with van der Waals surface area (Å²) in [4.78, 5) is 25.2. The van der Waals surface area contributed by atoms with Gasteiger partial charge in [0, 0.05) is 19.2 Å². The summed E-state index contributed by atoms with van der Waals surface area (Å²) in [5.41, 5.74) is 0. The van der Waals surface area contributed by atoms with E-state index in [0.717, 1.165) is 12.8 Å². The molecule has 2 saturated heterocycles. The minimum atomic E-state index is -0.799. The summed E-state index contributed by atoms with van der Waals surface area (Å²) >= 11 is 0. The molecule has 0 aliphatic carbocycles. The Morgan fingerprint density at radius 1 is 1.33 bits per heavy atom. The third-order valence-corrected chi connectivity index (χ3v) is 4.28. The Labute approximate surface area is 107 Å². The van der Waals surface area contributed by atoms with Crippen molar-refractivity contribution in [3.05, 3.63) is 0 Å². The number of rotatable bonds is 3. The Morgan fingerprint density at radius 2 is 2.06 bits per heavy atom. The highest BCUT2D eigenvalue weighted by atomic mass is 16.5. The molecular formula is C13H21NO4. The van der Waals surface area contributed by atoms with Gasteiger partial charge >= 0.3 is 5.97 Å². The van der Waals surface area contributed by atoms with Crippen LogP contribution in [0.3, 0.4) is 0 Å². The molecule has 5 nitrogen and oxygen atoms in total. The van der Waals surface area contributed by atoms with E-state index in [1.54, 1.807) is 4.90 Å². The zero-order valence-electron chi connectivity index (χ0n) is 11.0. The molecule has 0 bridgehead atoms. The summed E-state index contributed by atoms with van der Waals surface area (Å²) in [5.74, 6) is -1.22. The molecule has 2 aliphatic heterocycles. The van der Waals surface area contributed by atoms with E-state index in [1.807, 2.05) is 13.8 Å². The zero-order chi connectivity index (χ0) is 13.3. The van der Waals surface area contributed by atoms with Crippen molar-refractivity contribution in [2.24, 2.45) is 11.8 Å². The molecule has 4 unspecified atom stereocenters. The fraction of sp³-hybridized carbons (Fsp3) is 0.846. The van der Waals surface area contributed by atoms with E-state index in [-0.39, 0.29) is 24.0 Å². The van der Waals surface area contributed by atoms with Crippen LogP contribution >= 0.6 is 0 Å². The number of carboxylic acid groups (broad SMARTS) is 1. The smallest absolute Gasteiger partial charge is 0.308 e. The molecule has 102 valence electrons. The monoisotopic (exact) mass is 255 g/mol. The fourth-order valence-electron chi connectivity index (χ4n) is 3.13. The first-order valence-corrected chi connectivity index (χ1v) is 6.71. The molecule has 0 aromatic heterocycles. The predicted molar refractivity (Wildman–Crippen MR) is 65.1 cm³/mol. The Balaban J connectivity index is 2.04. The third-order valence-electron chi connectivity index (χ3n) is 4.28. The maximum Gasteiger partial charge on any atom is 0.308 e. The van der Waals surface area contributed by atoms with Crippen molar-refractivity contribution in [2.45, 2.75) is 45.3 Å². The van der Waals surface area contributed by atoms with Crippen molar-refractivity contribution in [3.63, 3.8) is 0 Å². The highest BCUT2D eigenvalue weighted by molar-refractivity contribution is 5.82. The number of nitrogens with zero attached hydrogens (tertiary/aromatic N) is 1. The van der Waals surface area contributed by atoms with Gasteiger partial charge in [-0.2, -0.15) is 0 Å². The highest BCUT2D eigenvalue weighted by Gasteiger charge is 2.43. The number of carbonyl (C=O) groups is 2. The summed E-state index contributed by atoms with van der Waals surface area (Å²) in [7, 11) is 0. The number of hydrogen-bond donors (Lipinski definition) is 1. The lowest BCUT2D eigenvalue weighted by molar-refractivity contribution is -0.144. The number of carbonyl (C=O) groups excluding carboxylic acids is 1. The van der Waals surface area contributed by atoms with Crippen molar-refractivity contribution in [3.8, 4) is 0 Å². The minimum Gasteiger partial charge on any atom is -0.481 e. The molecule has 1 N–H and O–H groups in total. The Hall–Kier alpha value is -1.10. The van der Waals surface area contributed by atoms with Crippen LogP contribution < -0.4 is 0 Å². The standard InChI is InChI=1S/C13H21NO4/c1-3-11-10(5-7-18-11)12(15)14-6-4-9(8(14)2)13(16)17/h8-11H,3-7H2,1-2H3,(H,16,17). The number of hydrogen-bond acceptors (Lipinski definition) is 3. The first-order valence-electron chi connectivity index (χ1n) is 6.71. The van der Waals surface area contributed by atoms with Crippen molar-refractivity contribution in [1.82, 2.24) is 4.90 Å². The van der Waals surface area contributed by atoms with Gasteiger partial charge in [0.2, 0.25) is 5.91 Å². The Morgan fingerprint density at radius 3 is 2.61 bits per heavy atom.